The summed E-state index contributed by atoms with van der Waals surface area (Å²) in [6, 6.07) is 10.7. The summed E-state index contributed by atoms with van der Waals surface area (Å²) in [7, 11) is 1.58. The summed E-state index contributed by atoms with van der Waals surface area (Å²) in [5.74, 6) is 0.156. The zero-order valence-electron chi connectivity index (χ0n) is 19.0. The minimum Gasteiger partial charge on any atom is -0.495 e. The van der Waals surface area contributed by atoms with E-state index in [4.69, 9.17) is 21.1 Å². The number of aryl methyl sites for hydroxylation is 1. The fourth-order valence-electron chi connectivity index (χ4n) is 3.90. The van der Waals surface area contributed by atoms with Gasteiger partial charge in [0.25, 0.3) is 5.56 Å². The number of aromatic nitrogens is 1. The van der Waals surface area contributed by atoms with Crippen LogP contribution >= 0.6 is 45.5 Å². The molecule has 176 valence electrons. The highest BCUT2D eigenvalue weighted by atomic mass is 127. The Morgan fingerprint density at radius 3 is 2.62 bits per heavy atom. The Hall–Kier alpha value is -2.43. The smallest absolute Gasteiger partial charge is 0.338 e. The molecule has 0 unspecified atom stereocenters. The van der Waals surface area contributed by atoms with E-state index < -0.39 is 12.0 Å². The largest absolute Gasteiger partial charge is 0.495 e. The third-order valence-corrected chi connectivity index (χ3v) is 7.44. The second-order valence-electron chi connectivity index (χ2n) is 7.72. The van der Waals surface area contributed by atoms with Crippen LogP contribution in [0, 0.1) is 10.5 Å². The molecule has 0 bridgehead atoms. The maximum absolute atomic E-state index is 13.7. The molecule has 34 heavy (non-hydrogen) atoms. The number of carbonyl (C=O) groups excluding carboxylic acids is 1. The van der Waals surface area contributed by atoms with Crippen LogP contribution in [0.4, 0.5) is 0 Å². The van der Waals surface area contributed by atoms with Gasteiger partial charge < -0.3 is 9.47 Å². The summed E-state index contributed by atoms with van der Waals surface area (Å²) in [5, 5.41) is 0.544. The number of thiazole rings is 1. The Balaban J connectivity index is 1.99. The fraction of sp³-hybridized carbons (Fsp3) is 0.240. The van der Waals surface area contributed by atoms with E-state index in [-0.39, 0.29) is 12.2 Å². The van der Waals surface area contributed by atoms with Crippen LogP contribution in [0.3, 0.4) is 0 Å². The van der Waals surface area contributed by atoms with Crippen molar-refractivity contribution in [1.29, 1.82) is 0 Å². The van der Waals surface area contributed by atoms with Crippen LogP contribution in [0.15, 0.2) is 57.5 Å². The number of hydrogen-bond donors (Lipinski definition) is 0. The molecule has 0 aliphatic carbocycles. The fourth-order valence-corrected chi connectivity index (χ4v) is 6.22. The van der Waals surface area contributed by atoms with Gasteiger partial charge in [0.05, 0.1) is 39.1 Å². The van der Waals surface area contributed by atoms with Gasteiger partial charge >= 0.3 is 5.97 Å². The summed E-state index contributed by atoms with van der Waals surface area (Å²) >= 11 is 9.68. The van der Waals surface area contributed by atoms with Crippen LogP contribution in [-0.4, -0.2) is 24.3 Å². The standard InChI is InChI=1S/C25H22ClIN2O4S/c1-5-33-24(31)20-14(3)28-25-29(21(20)15-8-6-13(2)7-9-15)23(30)19(34-25)11-16-10-17(26)12-18(27)22(16)32-4/h6-12,21H,5H2,1-4H3/b19-11-/t21-/m1/s1. The monoisotopic (exact) mass is 608 g/mol. The van der Waals surface area contributed by atoms with Gasteiger partial charge in [-0.2, -0.15) is 0 Å². The first kappa shape index (κ1) is 24.7. The predicted octanol–water partition coefficient (Wildman–Crippen LogP) is 4.37. The predicted molar refractivity (Wildman–Crippen MR) is 142 cm³/mol. The molecule has 1 aliphatic rings. The highest BCUT2D eigenvalue weighted by molar-refractivity contribution is 14.1. The highest BCUT2D eigenvalue weighted by Crippen LogP contribution is 2.32. The first-order chi connectivity index (χ1) is 16.2. The van der Waals surface area contributed by atoms with Gasteiger partial charge in [-0.05, 0) is 67.1 Å². The van der Waals surface area contributed by atoms with E-state index in [1.807, 2.05) is 31.2 Å². The molecule has 3 aromatic rings. The Morgan fingerprint density at radius 2 is 1.97 bits per heavy atom. The van der Waals surface area contributed by atoms with Crippen molar-refractivity contribution in [2.75, 3.05) is 13.7 Å². The molecule has 4 rings (SSSR count). The summed E-state index contributed by atoms with van der Waals surface area (Å²) in [4.78, 5) is 31.8. The number of fused-ring (bicyclic) bond motifs is 1. The summed E-state index contributed by atoms with van der Waals surface area (Å²) in [6.45, 7) is 5.74. The minimum atomic E-state index is -0.639. The zero-order valence-corrected chi connectivity index (χ0v) is 22.7. The lowest BCUT2D eigenvalue weighted by Crippen LogP contribution is -2.39. The van der Waals surface area contributed by atoms with Crippen LogP contribution in [0.25, 0.3) is 6.08 Å². The van der Waals surface area contributed by atoms with E-state index in [0.29, 0.717) is 36.9 Å². The van der Waals surface area contributed by atoms with Gasteiger partial charge in [0.1, 0.15) is 5.75 Å². The molecule has 0 saturated heterocycles. The van der Waals surface area contributed by atoms with Crippen LogP contribution < -0.4 is 19.6 Å². The topological polar surface area (TPSA) is 69.9 Å². The molecule has 0 saturated carbocycles. The van der Waals surface area contributed by atoms with E-state index in [2.05, 4.69) is 27.6 Å². The molecule has 0 radical (unpaired) electrons. The van der Waals surface area contributed by atoms with Crippen molar-refractivity contribution >= 4 is 57.6 Å². The van der Waals surface area contributed by atoms with E-state index >= 15 is 0 Å². The van der Waals surface area contributed by atoms with Gasteiger partial charge in [-0.1, -0.05) is 52.8 Å². The van der Waals surface area contributed by atoms with E-state index in [9.17, 15) is 9.59 Å². The average molecular weight is 609 g/mol. The quantitative estimate of drug-likeness (QED) is 0.319. The molecule has 6 nitrogen and oxygen atoms in total. The first-order valence-electron chi connectivity index (χ1n) is 10.5. The Morgan fingerprint density at radius 1 is 1.26 bits per heavy atom. The molecule has 1 aromatic heterocycles. The van der Waals surface area contributed by atoms with Crippen LogP contribution in [-0.2, 0) is 9.53 Å². The Kier molecular flexibility index (Phi) is 7.30. The second-order valence-corrected chi connectivity index (χ2v) is 10.3. The molecule has 1 aliphatic heterocycles. The number of methoxy groups -OCH3 is 1. The summed E-state index contributed by atoms with van der Waals surface area (Å²) < 4.78 is 13.8. The zero-order chi connectivity index (χ0) is 24.6. The number of esters is 1. The molecule has 9 heteroatoms. The summed E-state index contributed by atoms with van der Waals surface area (Å²) in [5.41, 5.74) is 3.23. The second kappa shape index (κ2) is 10.1. The number of hydrogen-bond acceptors (Lipinski definition) is 6. The SMILES string of the molecule is CCOC(=O)C1=C(C)N=c2s/c(=C\c3cc(Cl)cc(I)c3OC)c(=O)n2[C@@H]1c1ccc(C)cc1. The third-order valence-electron chi connectivity index (χ3n) is 5.44. The number of rotatable bonds is 5. The Labute approximate surface area is 219 Å². The van der Waals surface area contributed by atoms with Gasteiger partial charge in [-0.25, -0.2) is 9.79 Å². The van der Waals surface area contributed by atoms with Gasteiger partial charge in [-0.15, -0.1) is 0 Å². The molecular weight excluding hydrogens is 587 g/mol. The van der Waals surface area contributed by atoms with Crippen molar-refractivity contribution in [3.8, 4) is 5.75 Å². The van der Waals surface area contributed by atoms with Crippen LogP contribution in [0.5, 0.6) is 5.75 Å². The van der Waals surface area contributed by atoms with E-state index in [0.717, 1.165) is 14.7 Å². The van der Waals surface area contributed by atoms with Crippen molar-refractivity contribution in [2.45, 2.75) is 26.8 Å². The van der Waals surface area contributed by atoms with Crippen molar-refractivity contribution in [3.05, 3.63) is 92.6 Å². The number of ether oxygens (including phenoxy) is 2. The molecule has 0 fully saturated rings. The minimum absolute atomic E-state index is 0.230. The number of nitrogens with zero attached hydrogens (tertiary/aromatic N) is 2. The van der Waals surface area contributed by atoms with E-state index in [1.54, 1.807) is 43.7 Å². The van der Waals surface area contributed by atoms with Gasteiger partial charge in [-0.3, -0.25) is 9.36 Å². The molecular formula is C25H22ClIN2O4S. The van der Waals surface area contributed by atoms with Crippen LogP contribution in [0.2, 0.25) is 5.02 Å². The Bertz CT molecular complexity index is 1490. The van der Waals surface area contributed by atoms with Crippen molar-refractivity contribution in [1.82, 2.24) is 4.57 Å². The molecule has 1 atom stereocenters. The molecule has 2 aromatic carbocycles. The lowest BCUT2D eigenvalue weighted by atomic mass is 9.95. The van der Waals surface area contributed by atoms with Gasteiger partial charge in [0.15, 0.2) is 4.80 Å². The first-order valence-corrected chi connectivity index (χ1v) is 12.8. The number of halogens is 2. The molecule has 0 spiro atoms. The molecule has 2 heterocycles. The summed E-state index contributed by atoms with van der Waals surface area (Å²) in [6.07, 6.45) is 1.76. The number of allylic oxidation sites excluding steroid dienone is 1. The van der Waals surface area contributed by atoms with Crippen LogP contribution in [0.1, 0.15) is 36.6 Å². The molecule has 0 N–H and O–H groups in total. The maximum Gasteiger partial charge on any atom is 0.338 e. The number of carbonyl (C=O) groups is 1. The van der Waals surface area contributed by atoms with E-state index in [1.165, 1.54) is 11.3 Å². The van der Waals surface area contributed by atoms with Crippen molar-refractivity contribution in [3.63, 3.8) is 0 Å². The third kappa shape index (κ3) is 4.58. The van der Waals surface area contributed by atoms with Crippen molar-refractivity contribution < 1.29 is 14.3 Å². The lowest BCUT2D eigenvalue weighted by Gasteiger charge is -2.24. The van der Waals surface area contributed by atoms with Gasteiger partial charge in [0.2, 0.25) is 0 Å². The number of benzene rings is 2. The molecule has 0 amide bonds. The maximum atomic E-state index is 13.7. The average Bonchev–Trinajstić information content (AvgIpc) is 3.08. The highest BCUT2D eigenvalue weighted by Gasteiger charge is 2.33. The lowest BCUT2D eigenvalue weighted by molar-refractivity contribution is -0.139. The van der Waals surface area contributed by atoms with Crippen molar-refractivity contribution in [2.24, 2.45) is 4.99 Å². The van der Waals surface area contributed by atoms with Gasteiger partial charge in [0, 0.05) is 10.6 Å². The normalized spacial score (nSPS) is 15.7.